The maximum absolute atomic E-state index is 13.5. The highest BCUT2D eigenvalue weighted by Crippen LogP contribution is 2.48. The quantitative estimate of drug-likeness (QED) is 0.545. The van der Waals surface area contributed by atoms with Gasteiger partial charge in [0.2, 0.25) is 0 Å². The van der Waals surface area contributed by atoms with Crippen molar-refractivity contribution < 1.29 is 17.9 Å². The standard InChI is InChI=1S/C18H12ClF3N2OS/c1-25-13-6-7-14-10(8-13)9-26-16-15(14)24(23-17(16)18(20,21)22)12-4-2-11(19)3-5-12/h2-8H,9H2,1H3. The molecule has 0 saturated heterocycles. The highest BCUT2D eigenvalue weighted by molar-refractivity contribution is 7.98. The van der Waals surface area contributed by atoms with Crippen LogP contribution < -0.4 is 4.74 Å². The molecule has 0 atom stereocenters. The number of aromatic nitrogens is 2. The van der Waals surface area contributed by atoms with Gasteiger partial charge in [-0.2, -0.15) is 18.3 Å². The van der Waals surface area contributed by atoms with Gasteiger partial charge in [-0.25, -0.2) is 4.68 Å². The summed E-state index contributed by atoms with van der Waals surface area (Å²) in [6, 6.07) is 11.9. The van der Waals surface area contributed by atoms with Gasteiger partial charge in [0, 0.05) is 16.3 Å². The van der Waals surface area contributed by atoms with Gasteiger partial charge in [0.15, 0.2) is 5.69 Å². The lowest BCUT2D eigenvalue weighted by molar-refractivity contribution is -0.143. The van der Waals surface area contributed by atoms with Gasteiger partial charge in [-0.3, -0.25) is 0 Å². The van der Waals surface area contributed by atoms with Crippen LogP contribution in [0.4, 0.5) is 13.2 Å². The molecule has 0 saturated carbocycles. The van der Waals surface area contributed by atoms with Gasteiger partial charge in [0.1, 0.15) is 5.75 Å². The van der Waals surface area contributed by atoms with Crippen molar-refractivity contribution in [3.63, 3.8) is 0 Å². The lowest BCUT2D eigenvalue weighted by atomic mass is 10.0. The zero-order valence-corrected chi connectivity index (χ0v) is 15.0. The molecule has 0 aliphatic carbocycles. The van der Waals surface area contributed by atoms with Gasteiger partial charge >= 0.3 is 6.18 Å². The predicted octanol–water partition coefficient (Wildman–Crippen LogP) is 5.83. The molecule has 8 heteroatoms. The van der Waals surface area contributed by atoms with Gasteiger partial charge < -0.3 is 4.74 Å². The summed E-state index contributed by atoms with van der Waals surface area (Å²) in [5.74, 6) is 1.09. The molecule has 3 nitrogen and oxygen atoms in total. The van der Waals surface area contributed by atoms with Crippen molar-refractivity contribution in [2.45, 2.75) is 16.8 Å². The highest BCUT2D eigenvalue weighted by atomic mass is 35.5. The number of hydrogen-bond donors (Lipinski definition) is 0. The molecule has 26 heavy (non-hydrogen) atoms. The van der Waals surface area contributed by atoms with E-state index in [1.54, 1.807) is 43.5 Å². The number of benzene rings is 2. The summed E-state index contributed by atoms with van der Waals surface area (Å²) in [6.07, 6.45) is -4.53. The van der Waals surface area contributed by atoms with Crippen LogP contribution in [0.25, 0.3) is 16.9 Å². The van der Waals surface area contributed by atoms with Crippen LogP contribution in [0.3, 0.4) is 0 Å². The molecule has 134 valence electrons. The molecule has 1 aliphatic heterocycles. The minimum atomic E-state index is -4.53. The van der Waals surface area contributed by atoms with Gasteiger partial charge in [-0.1, -0.05) is 11.6 Å². The average Bonchev–Trinajstić information content (AvgIpc) is 3.02. The predicted molar refractivity (Wildman–Crippen MR) is 95.1 cm³/mol. The summed E-state index contributed by atoms with van der Waals surface area (Å²) in [7, 11) is 1.56. The van der Waals surface area contributed by atoms with Crippen molar-refractivity contribution in [1.82, 2.24) is 9.78 Å². The second-order valence-electron chi connectivity index (χ2n) is 5.72. The van der Waals surface area contributed by atoms with E-state index in [1.165, 1.54) is 4.68 Å². The maximum Gasteiger partial charge on any atom is 0.436 e. The minimum Gasteiger partial charge on any atom is -0.497 e. The van der Waals surface area contributed by atoms with Crippen molar-refractivity contribution in [2.24, 2.45) is 0 Å². The Bertz CT molecular complexity index is 983. The summed E-state index contributed by atoms with van der Waals surface area (Å²) in [4.78, 5) is 0.144. The van der Waals surface area contributed by atoms with Crippen LogP contribution in [0.15, 0.2) is 47.4 Å². The molecule has 0 bridgehead atoms. The second kappa shape index (κ2) is 6.25. The van der Waals surface area contributed by atoms with Gasteiger partial charge in [0.05, 0.1) is 23.4 Å². The Morgan fingerprint density at radius 2 is 1.88 bits per heavy atom. The average molecular weight is 397 g/mol. The molecule has 0 fully saturated rings. The summed E-state index contributed by atoms with van der Waals surface area (Å²) in [5, 5.41) is 4.41. The Morgan fingerprint density at radius 3 is 2.54 bits per heavy atom. The lowest BCUT2D eigenvalue weighted by Gasteiger charge is -2.19. The third kappa shape index (κ3) is 2.85. The molecule has 1 aromatic heterocycles. The number of methoxy groups -OCH3 is 1. The van der Waals surface area contributed by atoms with Crippen LogP contribution in [0.2, 0.25) is 5.02 Å². The van der Waals surface area contributed by atoms with Gasteiger partial charge in [-0.05, 0) is 48.0 Å². The first-order valence-electron chi connectivity index (χ1n) is 7.64. The Labute approximate surface area is 156 Å². The number of fused-ring (bicyclic) bond motifs is 3. The van der Waals surface area contributed by atoms with E-state index in [4.69, 9.17) is 16.3 Å². The molecule has 2 heterocycles. The van der Waals surface area contributed by atoms with Crippen molar-refractivity contribution in [3.8, 4) is 22.7 Å². The first-order chi connectivity index (χ1) is 12.4. The van der Waals surface area contributed by atoms with Gasteiger partial charge in [-0.15, -0.1) is 11.8 Å². The molecule has 4 rings (SSSR count). The molecule has 3 aromatic rings. The number of thioether (sulfide) groups is 1. The first kappa shape index (κ1) is 17.3. The number of alkyl halides is 3. The van der Waals surface area contributed by atoms with Crippen LogP contribution in [-0.2, 0) is 11.9 Å². The number of halogens is 4. The zero-order chi connectivity index (χ0) is 18.5. The molecule has 2 aromatic carbocycles. The highest BCUT2D eigenvalue weighted by Gasteiger charge is 2.41. The number of rotatable bonds is 2. The minimum absolute atomic E-state index is 0.144. The van der Waals surface area contributed by atoms with E-state index < -0.39 is 11.9 Å². The van der Waals surface area contributed by atoms with E-state index in [1.807, 2.05) is 6.07 Å². The SMILES string of the molecule is COc1ccc2c(c1)CSc1c(C(F)(F)F)nn(-c3ccc(Cl)cc3)c1-2. The van der Waals surface area contributed by atoms with E-state index >= 15 is 0 Å². The van der Waals surface area contributed by atoms with Crippen molar-refractivity contribution in [2.75, 3.05) is 7.11 Å². The monoisotopic (exact) mass is 396 g/mol. The molecule has 1 aliphatic rings. The third-order valence-electron chi connectivity index (χ3n) is 4.12. The van der Waals surface area contributed by atoms with E-state index in [-0.39, 0.29) is 4.90 Å². The topological polar surface area (TPSA) is 27.1 Å². The van der Waals surface area contributed by atoms with Crippen LogP contribution in [0, 0.1) is 0 Å². The smallest absolute Gasteiger partial charge is 0.436 e. The molecule has 0 spiro atoms. The first-order valence-corrected chi connectivity index (χ1v) is 9.01. The fourth-order valence-corrected chi connectivity index (χ4v) is 4.22. The van der Waals surface area contributed by atoms with E-state index in [0.717, 1.165) is 22.9 Å². The lowest BCUT2D eigenvalue weighted by Crippen LogP contribution is -2.08. The van der Waals surface area contributed by atoms with Gasteiger partial charge in [0.25, 0.3) is 0 Å². The normalized spacial score (nSPS) is 13.3. The Kier molecular flexibility index (Phi) is 4.16. The summed E-state index contributed by atoms with van der Waals surface area (Å²) in [6.45, 7) is 0. The maximum atomic E-state index is 13.5. The largest absolute Gasteiger partial charge is 0.497 e. The Morgan fingerprint density at radius 1 is 1.15 bits per heavy atom. The Hall–Kier alpha value is -2.12. The van der Waals surface area contributed by atoms with Crippen LogP contribution >= 0.6 is 23.4 Å². The molecule has 0 radical (unpaired) electrons. The Balaban J connectivity index is 1.98. The fourth-order valence-electron chi connectivity index (χ4n) is 2.93. The molecule has 0 unspecified atom stereocenters. The van der Waals surface area contributed by atoms with Crippen LogP contribution in [0.5, 0.6) is 5.75 Å². The summed E-state index contributed by atoms with van der Waals surface area (Å²) in [5.41, 5.74) is 1.72. The third-order valence-corrected chi connectivity index (χ3v) is 5.50. The molecule has 0 N–H and O–H groups in total. The second-order valence-corrected chi connectivity index (χ2v) is 7.15. The van der Waals surface area contributed by atoms with E-state index in [2.05, 4.69) is 5.10 Å². The molecule has 0 amide bonds. The van der Waals surface area contributed by atoms with Crippen molar-refractivity contribution in [1.29, 1.82) is 0 Å². The fraction of sp³-hybridized carbons (Fsp3) is 0.167. The molecular formula is C18H12ClF3N2OS. The number of hydrogen-bond acceptors (Lipinski definition) is 3. The summed E-state index contributed by atoms with van der Waals surface area (Å²) >= 11 is 7.04. The van der Waals surface area contributed by atoms with E-state index in [9.17, 15) is 13.2 Å². The zero-order valence-electron chi connectivity index (χ0n) is 13.5. The van der Waals surface area contributed by atoms with Crippen molar-refractivity contribution in [3.05, 3.63) is 58.7 Å². The van der Waals surface area contributed by atoms with E-state index in [0.29, 0.717) is 27.9 Å². The number of nitrogens with zero attached hydrogens (tertiary/aromatic N) is 2. The van der Waals surface area contributed by atoms with Crippen LogP contribution in [-0.4, -0.2) is 16.9 Å². The number of ether oxygens (including phenoxy) is 1. The van der Waals surface area contributed by atoms with Crippen LogP contribution in [0.1, 0.15) is 11.3 Å². The molecular weight excluding hydrogens is 385 g/mol. The van der Waals surface area contributed by atoms with Crippen molar-refractivity contribution >= 4 is 23.4 Å². The summed E-state index contributed by atoms with van der Waals surface area (Å²) < 4.78 is 47.2.